The fraction of sp³-hybridized carbons (Fsp3) is 0.273. The Labute approximate surface area is 168 Å². The zero-order chi connectivity index (χ0) is 20.8. The van der Waals surface area contributed by atoms with Gasteiger partial charge in [-0.15, -0.1) is 0 Å². The third kappa shape index (κ3) is 4.57. The lowest BCUT2D eigenvalue weighted by atomic mass is 10.00. The molecule has 7 heteroatoms. The number of nitrogens with zero attached hydrogens (tertiary/aromatic N) is 1. The number of carboxylic acids is 1. The van der Waals surface area contributed by atoms with Crippen molar-refractivity contribution in [2.45, 2.75) is 13.3 Å². The molecule has 7 nitrogen and oxygen atoms in total. The minimum absolute atomic E-state index is 0.0725. The zero-order valence-electron chi connectivity index (χ0n) is 16.3. The van der Waals surface area contributed by atoms with Gasteiger partial charge in [0.15, 0.2) is 11.5 Å². The lowest BCUT2D eigenvalue weighted by Gasteiger charge is -2.15. The Morgan fingerprint density at radius 2 is 1.90 bits per heavy atom. The summed E-state index contributed by atoms with van der Waals surface area (Å²) in [5, 5.41) is 19.8. The van der Waals surface area contributed by atoms with E-state index >= 15 is 0 Å². The molecule has 1 heterocycles. The van der Waals surface area contributed by atoms with Gasteiger partial charge in [-0.1, -0.05) is 12.1 Å². The number of methoxy groups -OCH3 is 1. The maximum absolute atomic E-state index is 11.7. The van der Waals surface area contributed by atoms with Gasteiger partial charge in [0.25, 0.3) is 0 Å². The number of benzene rings is 2. The van der Waals surface area contributed by atoms with E-state index in [1.165, 1.54) is 13.3 Å². The first-order valence-corrected chi connectivity index (χ1v) is 9.25. The van der Waals surface area contributed by atoms with Gasteiger partial charge in [0.2, 0.25) is 0 Å². The maximum atomic E-state index is 11.7. The predicted octanol–water partition coefficient (Wildman–Crippen LogP) is 3.30. The van der Waals surface area contributed by atoms with Crippen LogP contribution in [0.3, 0.4) is 0 Å². The number of aromatic carboxylic acids is 1. The average Bonchev–Trinajstić information content (AvgIpc) is 2.72. The highest BCUT2D eigenvalue weighted by Crippen LogP contribution is 2.35. The first-order valence-electron chi connectivity index (χ1n) is 9.25. The molecule has 1 aromatic heterocycles. The molecule has 0 radical (unpaired) electrons. The molecular weight excluding hydrogens is 374 g/mol. The number of fused-ring (bicyclic) bond motifs is 1. The van der Waals surface area contributed by atoms with Crippen molar-refractivity contribution >= 4 is 16.7 Å². The van der Waals surface area contributed by atoms with Crippen molar-refractivity contribution in [3.8, 4) is 17.2 Å². The first kappa shape index (κ1) is 20.4. The van der Waals surface area contributed by atoms with Crippen molar-refractivity contribution in [3.05, 3.63) is 59.4 Å². The van der Waals surface area contributed by atoms with E-state index in [2.05, 4.69) is 4.98 Å². The SMILES string of the molecule is CCOc1cccc(Cc2ncc(C(=O)O)c3cc(OCCO)c(OC)cc23)c1. The summed E-state index contributed by atoms with van der Waals surface area (Å²) in [7, 11) is 1.51. The van der Waals surface area contributed by atoms with E-state index in [9.17, 15) is 9.90 Å². The minimum Gasteiger partial charge on any atom is -0.494 e. The highest BCUT2D eigenvalue weighted by atomic mass is 16.5. The van der Waals surface area contributed by atoms with Gasteiger partial charge in [-0.25, -0.2) is 4.79 Å². The first-order chi connectivity index (χ1) is 14.1. The number of hydrogen-bond donors (Lipinski definition) is 2. The number of aromatic nitrogens is 1. The second-order valence-electron chi connectivity index (χ2n) is 6.30. The summed E-state index contributed by atoms with van der Waals surface area (Å²) in [6.07, 6.45) is 1.85. The fourth-order valence-electron chi connectivity index (χ4n) is 3.15. The van der Waals surface area contributed by atoms with Crippen LogP contribution in [0.15, 0.2) is 42.6 Å². The molecule has 0 fully saturated rings. The van der Waals surface area contributed by atoms with Gasteiger partial charge in [-0.05, 0) is 36.8 Å². The fourth-order valence-corrected chi connectivity index (χ4v) is 3.15. The van der Waals surface area contributed by atoms with E-state index in [-0.39, 0.29) is 18.8 Å². The van der Waals surface area contributed by atoms with E-state index in [0.717, 1.165) is 11.3 Å². The van der Waals surface area contributed by atoms with Crippen LogP contribution in [0.5, 0.6) is 17.2 Å². The highest BCUT2D eigenvalue weighted by Gasteiger charge is 2.17. The van der Waals surface area contributed by atoms with Gasteiger partial charge in [-0.2, -0.15) is 0 Å². The number of ether oxygens (including phenoxy) is 3. The topological polar surface area (TPSA) is 98.1 Å². The van der Waals surface area contributed by atoms with Crippen molar-refractivity contribution in [1.82, 2.24) is 4.98 Å². The van der Waals surface area contributed by atoms with Crippen LogP contribution in [0, 0.1) is 0 Å². The van der Waals surface area contributed by atoms with Gasteiger partial charge in [0.05, 0.1) is 31.6 Å². The highest BCUT2D eigenvalue weighted by molar-refractivity contribution is 6.05. The van der Waals surface area contributed by atoms with Crippen LogP contribution in [0.1, 0.15) is 28.5 Å². The Kier molecular flexibility index (Phi) is 6.51. The lowest BCUT2D eigenvalue weighted by molar-refractivity contribution is 0.0698. The molecule has 29 heavy (non-hydrogen) atoms. The van der Waals surface area contributed by atoms with Gasteiger partial charge in [0, 0.05) is 23.4 Å². The Bertz CT molecular complexity index is 1020. The van der Waals surface area contributed by atoms with E-state index in [1.54, 1.807) is 12.1 Å². The van der Waals surface area contributed by atoms with E-state index < -0.39 is 5.97 Å². The quantitative estimate of drug-likeness (QED) is 0.572. The van der Waals surface area contributed by atoms with Crippen LogP contribution in [0.2, 0.25) is 0 Å². The second kappa shape index (κ2) is 9.25. The van der Waals surface area contributed by atoms with Crippen molar-refractivity contribution in [2.24, 2.45) is 0 Å². The second-order valence-corrected chi connectivity index (χ2v) is 6.30. The van der Waals surface area contributed by atoms with E-state index in [4.69, 9.17) is 19.3 Å². The van der Waals surface area contributed by atoms with Gasteiger partial charge >= 0.3 is 5.97 Å². The van der Waals surface area contributed by atoms with Crippen LogP contribution in [-0.4, -0.2) is 48.1 Å². The minimum atomic E-state index is -1.08. The van der Waals surface area contributed by atoms with Crippen LogP contribution in [0.25, 0.3) is 10.8 Å². The molecule has 0 unspecified atom stereocenters. The van der Waals surface area contributed by atoms with Gasteiger partial charge in [0.1, 0.15) is 12.4 Å². The van der Waals surface area contributed by atoms with Crippen molar-refractivity contribution in [1.29, 1.82) is 0 Å². The van der Waals surface area contributed by atoms with E-state index in [0.29, 0.717) is 41.0 Å². The number of pyridine rings is 1. The van der Waals surface area contributed by atoms with Crippen molar-refractivity contribution in [2.75, 3.05) is 26.9 Å². The van der Waals surface area contributed by atoms with Crippen molar-refractivity contribution in [3.63, 3.8) is 0 Å². The molecule has 0 aliphatic rings. The molecule has 0 amide bonds. The summed E-state index contributed by atoms with van der Waals surface area (Å²) in [6.45, 7) is 2.41. The molecule has 0 aliphatic carbocycles. The Morgan fingerprint density at radius 1 is 1.10 bits per heavy atom. The number of hydrogen-bond acceptors (Lipinski definition) is 6. The molecule has 0 spiro atoms. The normalized spacial score (nSPS) is 10.7. The Balaban J connectivity index is 2.11. The molecule has 2 N–H and O–H groups in total. The van der Waals surface area contributed by atoms with Crippen LogP contribution >= 0.6 is 0 Å². The van der Waals surface area contributed by atoms with Crippen LogP contribution in [-0.2, 0) is 6.42 Å². The van der Waals surface area contributed by atoms with Gasteiger partial charge < -0.3 is 24.4 Å². The number of carbonyl (C=O) groups is 1. The number of carboxylic acid groups (broad SMARTS) is 1. The predicted molar refractivity (Wildman–Crippen MR) is 108 cm³/mol. The Morgan fingerprint density at radius 3 is 2.59 bits per heavy atom. The third-order valence-corrected chi connectivity index (χ3v) is 4.41. The van der Waals surface area contributed by atoms with Gasteiger partial charge in [-0.3, -0.25) is 4.98 Å². The monoisotopic (exact) mass is 397 g/mol. The molecule has 0 bridgehead atoms. The van der Waals surface area contributed by atoms with E-state index in [1.807, 2.05) is 31.2 Å². The molecule has 0 atom stereocenters. The molecule has 0 aliphatic heterocycles. The summed E-state index contributed by atoms with van der Waals surface area (Å²) in [4.78, 5) is 16.1. The Hall–Kier alpha value is -3.32. The van der Waals surface area contributed by atoms with Crippen molar-refractivity contribution < 1.29 is 29.2 Å². The molecule has 3 rings (SSSR count). The molecule has 0 saturated carbocycles. The largest absolute Gasteiger partial charge is 0.494 e. The van der Waals surface area contributed by atoms with Crippen LogP contribution < -0.4 is 14.2 Å². The summed E-state index contributed by atoms with van der Waals surface area (Å²) >= 11 is 0. The third-order valence-electron chi connectivity index (χ3n) is 4.41. The summed E-state index contributed by atoms with van der Waals surface area (Å²) in [5.41, 5.74) is 1.78. The number of rotatable bonds is 9. The molecule has 0 saturated heterocycles. The maximum Gasteiger partial charge on any atom is 0.337 e. The molecule has 3 aromatic rings. The number of aliphatic hydroxyl groups is 1. The summed E-state index contributed by atoms with van der Waals surface area (Å²) < 4.78 is 16.5. The smallest absolute Gasteiger partial charge is 0.337 e. The molecule has 2 aromatic carbocycles. The number of aliphatic hydroxyl groups excluding tert-OH is 1. The average molecular weight is 397 g/mol. The lowest BCUT2D eigenvalue weighted by Crippen LogP contribution is -2.06. The molecule has 152 valence electrons. The summed E-state index contributed by atoms with van der Waals surface area (Å²) in [5.74, 6) is 0.506. The zero-order valence-corrected chi connectivity index (χ0v) is 16.3. The standard InChI is InChI=1S/C22H23NO6/c1-3-28-15-6-4-5-14(9-15)10-19-17-12-20(27-2)21(29-8-7-24)11-16(17)18(13-23-19)22(25)26/h4-6,9,11-13,24H,3,7-8,10H2,1-2H3,(H,25,26). The molecular formula is C22H23NO6. The summed E-state index contributed by atoms with van der Waals surface area (Å²) in [6, 6.07) is 11.1. The van der Waals surface area contributed by atoms with Crippen LogP contribution in [0.4, 0.5) is 0 Å².